The molecular weight excluding hydrogens is 216 g/mol. The number of nitrogens with zero attached hydrogens (tertiary/aromatic N) is 1. The van der Waals surface area contributed by atoms with E-state index in [0.29, 0.717) is 10.3 Å². The second-order valence-electron chi connectivity index (χ2n) is 3.85. The maximum Gasteiger partial charge on any atom is 0.0978 e. The molecule has 0 saturated heterocycles. The van der Waals surface area contributed by atoms with Crippen molar-refractivity contribution in [2.75, 3.05) is 0 Å². The molecule has 0 saturated carbocycles. The van der Waals surface area contributed by atoms with Crippen LogP contribution in [0.25, 0.3) is 0 Å². The molecule has 2 nitrogen and oxygen atoms in total. The van der Waals surface area contributed by atoms with Crippen LogP contribution in [0.4, 0.5) is 0 Å². The van der Waals surface area contributed by atoms with Crippen LogP contribution in [0, 0.1) is 17.2 Å². The molecule has 1 aromatic rings. The third kappa shape index (κ3) is 1.81. The van der Waals surface area contributed by atoms with E-state index >= 15 is 0 Å². The monoisotopic (exact) mass is 230 g/mol. The smallest absolute Gasteiger partial charge is 0.0978 e. The van der Waals surface area contributed by atoms with Crippen LogP contribution in [0.1, 0.15) is 24.2 Å². The average molecular weight is 230 g/mol. The number of nitrogens with two attached hydrogens (primary N) is 1. The van der Waals surface area contributed by atoms with Gasteiger partial charge < -0.3 is 5.73 Å². The Hall–Kier alpha value is -1.40. The first-order chi connectivity index (χ1) is 7.77. The lowest BCUT2D eigenvalue weighted by Crippen LogP contribution is -2.06. The molecule has 2 rings (SSSR count). The van der Waals surface area contributed by atoms with Crippen molar-refractivity contribution < 1.29 is 0 Å². The summed E-state index contributed by atoms with van der Waals surface area (Å²) in [7, 11) is 0. The summed E-state index contributed by atoms with van der Waals surface area (Å²) in [5, 5.41) is 10.1. The Labute approximate surface area is 100 Å². The van der Waals surface area contributed by atoms with Crippen molar-refractivity contribution in [3.05, 3.63) is 46.5 Å². The van der Waals surface area contributed by atoms with Gasteiger partial charge in [0.25, 0.3) is 0 Å². The fourth-order valence-electron chi connectivity index (χ4n) is 2.12. The van der Waals surface area contributed by atoms with Gasteiger partial charge in [0, 0.05) is 11.2 Å². The van der Waals surface area contributed by atoms with Crippen LogP contribution in [-0.4, -0.2) is 0 Å². The van der Waals surface area contributed by atoms with Gasteiger partial charge in [0.2, 0.25) is 0 Å². The number of nitriles is 1. The van der Waals surface area contributed by atoms with Crippen LogP contribution in [0.3, 0.4) is 0 Å². The number of rotatable bonds is 2. The summed E-state index contributed by atoms with van der Waals surface area (Å²) in [6.07, 6.45) is 0.955. The van der Waals surface area contributed by atoms with E-state index in [1.165, 1.54) is 5.56 Å². The normalized spacial score (nSPS) is 24.5. The van der Waals surface area contributed by atoms with Gasteiger partial charge in [-0.2, -0.15) is 5.26 Å². The van der Waals surface area contributed by atoms with Crippen molar-refractivity contribution in [3.8, 4) is 6.07 Å². The van der Waals surface area contributed by atoms with Crippen LogP contribution < -0.4 is 5.73 Å². The molecule has 0 fully saturated rings. The first-order valence-electron chi connectivity index (χ1n) is 5.39. The zero-order valence-electron chi connectivity index (χ0n) is 9.18. The summed E-state index contributed by atoms with van der Waals surface area (Å²) in [6, 6.07) is 12.5. The van der Waals surface area contributed by atoms with Crippen LogP contribution in [0.2, 0.25) is 0 Å². The Morgan fingerprint density at radius 2 is 2.06 bits per heavy atom. The van der Waals surface area contributed by atoms with Gasteiger partial charge in [-0.15, -0.1) is 0 Å². The minimum atomic E-state index is 0.261. The molecule has 0 amide bonds. The predicted octanol–water partition coefficient (Wildman–Crippen LogP) is 3.19. The first kappa shape index (κ1) is 11.1. The quantitative estimate of drug-likeness (QED) is 0.848. The van der Waals surface area contributed by atoms with E-state index in [0.717, 1.165) is 12.0 Å². The van der Waals surface area contributed by atoms with E-state index in [4.69, 9.17) is 11.0 Å². The van der Waals surface area contributed by atoms with Crippen molar-refractivity contribution in [1.29, 1.82) is 5.26 Å². The standard InChI is InChI=1S/C13H14N2S/c1-2-10-11(8-14)13(15)16-12(10)9-6-4-3-5-7-9/h3-7,10,12H,2,15H2,1H3. The molecular formula is C13H14N2S. The third-order valence-corrected chi connectivity index (χ3v) is 4.27. The first-order valence-corrected chi connectivity index (χ1v) is 6.27. The maximum atomic E-state index is 9.10. The zero-order chi connectivity index (χ0) is 11.5. The fourth-order valence-corrected chi connectivity index (χ4v) is 3.50. The Kier molecular flexibility index (Phi) is 3.21. The van der Waals surface area contributed by atoms with Gasteiger partial charge in [-0.05, 0) is 12.0 Å². The van der Waals surface area contributed by atoms with Crippen molar-refractivity contribution in [2.24, 2.45) is 11.7 Å². The van der Waals surface area contributed by atoms with Gasteiger partial charge >= 0.3 is 0 Å². The molecule has 1 heterocycles. The van der Waals surface area contributed by atoms with E-state index in [2.05, 4.69) is 25.1 Å². The topological polar surface area (TPSA) is 49.8 Å². The SMILES string of the molecule is CCC1C(C#N)=C(N)SC1c1ccccc1. The van der Waals surface area contributed by atoms with Crippen molar-refractivity contribution in [2.45, 2.75) is 18.6 Å². The molecule has 1 aliphatic heterocycles. The molecule has 1 aromatic carbocycles. The highest BCUT2D eigenvalue weighted by Gasteiger charge is 2.34. The van der Waals surface area contributed by atoms with E-state index < -0.39 is 0 Å². The van der Waals surface area contributed by atoms with Crippen molar-refractivity contribution in [3.63, 3.8) is 0 Å². The molecule has 16 heavy (non-hydrogen) atoms. The van der Waals surface area contributed by atoms with E-state index in [1.807, 2.05) is 18.2 Å². The highest BCUT2D eigenvalue weighted by molar-refractivity contribution is 8.03. The van der Waals surface area contributed by atoms with E-state index in [1.54, 1.807) is 11.8 Å². The lowest BCUT2D eigenvalue weighted by Gasteiger charge is -2.17. The lowest BCUT2D eigenvalue weighted by atomic mass is 9.90. The van der Waals surface area contributed by atoms with Gasteiger partial charge in [0.05, 0.1) is 16.7 Å². The molecule has 0 radical (unpaired) electrons. The van der Waals surface area contributed by atoms with Gasteiger partial charge in [-0.25, -0.2) is 0 Å². The average Bonchev–Trinajstić information content (AvgIpc) is 2.66. The van der Waals surface area contributed by atoms with Crippen LogP contribution in [0.5, 0.6) is 0 Å². The van der Waals surface area contributed by atoms with E-state index in [9.17, 15) is 0 Å². The summed E-state index contributed by atoms with van der Waals surface area (Å²) < 4.78 is 0. The Balaban J connectivity index is 2.32. The molecule has 2 atom stereocenters. The number of hydrogen-bond donors (Lipinski definition) is 1. The van der Waals surface area contributed by atoms with Crippen LogP contribution >= 0.6 is 11.8 Å². The summed E-state index contributed by atoms with van der Waals surface area (Å²) in [4.78, 5) is 0. The highest BCUT2D eigenvalue weighted by Crippen LogP contribution is 2.50. The summed E-state index contributed by atoms with van der Waals surface area (Å²) in [5.74, 6) is 0.261. The second-order valence-corrected chi connectivity index (χ2v) is 5.04. The predicted molar refractivity (Wildman–Crippen MR) is 67.4 cm³/mol. The number of thioether (sulfide) groups is 1. The Morgan fingerprint density at radius 3 is 2.62 bits per heavy atom. The van der Waals surface area contributed by atoms with Crippen LogP contribution in [0.15, 0.2) is 40.9 Å². The second kappa shape index (κ2) is 4.63. The highest BCUT2D eigenvalue weighted by atomic mass is 32.2. The van der Waals surface area contributed by atoms with Gasteiger partial charge in [-0.1, -0.05) is 49.0 Å². The molecule has 0 aliphatic carbocycles. The lowest BCUT2D eigenvalue weighted by molar-refractivity contribution is 0.600. The van der Waals surface area contributed by atoms with E-state index in [-0.39, 0.29) is 5.92 Å². The fraction of sp³-hybridized carbons (Fsp3) is 0.308. The summed E-state index contributed by atoms with van der Waals surface area (Å²) in [5.41, 5.74) is 7.93. The maximum absolute atomic E-state index is 9.10. The molecule has 0 bridgehead atoms. The molecule has 0 spiro atoms. The van der Waals surface area contributed by atoms with Gasteiger partial charge in [0.15, 0.2) is 0 Å². The van der Waals surface area contributed by atoms with Crippen LogP contribution in [-0.2, 0) is 0 Å². The van der Waals surface area contributed by atoms with Crippen molar-refractivity contribution >= 4 is 11.8 Å². The summed E-state index contributed by atoms with van der Waals surface area (Å²) >= 11 is 1.62. The Bertz CT molecular complexity index is 445. The minimum absolute atomic E-state index is 0.261. The number of allylic oxidation sites excluding steroid dienone is 1. The summed E-state index contributed by atoms with van der Waals surface area (Å²) in [6.45, 7) is 2.11. The molecule has 1 aliphatic rings. The van der Waals surface area contributed by atoms with Gasteiger partial charge in [0.1, 0.15) is 0 Å². The minimum Gasteiger partial charge on any atom is -0.393 e. The van der Waals surface area contributed by atoms with Crippen molar-refractivity contribution in [1.82, 2.24) is 0 Å². The third-order valence-electron chi connectivity index (χ3n) is 2.94. The molecule has 2 unspecified atom stereocenters. The Morgan fingerprint density at radius 1 is 1.38 bits per heavy atom. The molecule has 2 N–H and O–H groups in total. The zero-order valence-corrected chi connectivity index (χ0v) is 10.00. The molecule has 3 heteroatoms. The molecule has 0 aromatic heterocycles. The molecule has 82 valence electrons. The number of benzene rings is 1. The van der Waals surface area contributed by atoms with Gasteiger partial charge in [-0.3, -0.25) is 0 Å². The number of hydrogen-bond acceptors (Lipinski definition) is 3. The largest absolute Gasteiger partial charge is 0.393 e.